The van der Waals surface area contributed by atoms with Crippen LogP contribution in [0.2, 0.25) is 0 Å². The lowest BCUT2D eigenvalue weighted by Gasteiger charge is -2.46. The van der Waals surface area contributed by atoms with Gasteiger partial charge in [0.2, 0.25) is 5.52 Å². The van der Waals surface area contributed by atoms with Crippen molar-refractivity contribution in [3.8, 4) is 0 Å². The van der Waals surface area contributed by atoms with Crippen molar-refractivity contribution in [3.05, 3.63) is 171 Å². The molecule has 1 heterocycles. The highest BCUT2D eigenvalue weighted by atomic mass is 19.4. The highest BCUT2D eigenvalue weighted by Gasteiger charge is 2.47. The number of hydrogen-bond acceptors (Lipinski definition) is 4. The minimum absolute atomic E-state index is 0.0644. The average molecular weight is 1160 g/mol. The molecule has 6 rings (SSSR count). The Kier molecular flexibility index (Phi) is 17.1. The summed E-state index contributed by atoms with van der Waals surface area (Å²) in [4.78, 5) is 23.6. The fourth-order valence-electron chi connectivity index (χ4n) is 8.40. The SMILES string of the molecule is COC(=O)C(C(=O)OC)=C(C)C[n+]1cccc2ccccc21.FC(F)(F)c1cc([B-](c2cc(C(F)(F)F)cc(C(F)(F)F)c2)(c2cc(C(F)(F)F)cc(C(F)(F)F)c2)c2cc(C(F)(F)F)cc(C(F)(F)F)c2)cc(C(F)(F)F)c1. The maximum absolute atomic E-state index is 14.2. The first-order valence-electron chi connectivity index (χ1n) is 21.4. The summed E-state index contributed by atoms with van der Waals surface area (Å²) in [5, 5.41) is 1.08. The summed E-state index contributed by atoms with van der Waals surface area (Å²) in [6.07, 6.45) is -52.9. The van der Waals surface area contributed by atoms with Crippen molar-refractivity contribution >= 4 is 50.8 Å². The number of para-hydroxylation sites is 1. The fraction of sp³-hybridized carbons (Fsp3) is 0.245. The van der Waals surface area contributed by atoms with Gasteiger partial charge in [-0.2, -0.15) is 132 Å². The largest absolute Gasteiger partial charge is 0.465 e. The van der Waals surface area contributed by atoms with E-state index in [-0.39, 0.29) is 5.57 Å². The zero-order valence-corrected chi connectivity index (χ0v) is 39.4. The molecule has 5 nitrogen and oxygen atoms in total. The van der Waals surface area contributed by atoms with Gasteiger partial charge in [0.05, 0.1) is 58.7 Å². The Morgan fingerprint density at radius 2 is 0.633 bits per heavy atom. The van der Waals surface area contributed by atoms with Crippen LogP contribution in [0.25, 0.3) is 10.9 Å². The van der Waals surface area contributed by atoms with Crippen LogP contribution < -0.4 is 26.4 Å². The van der Waals surface area contributed by atoms with Crippen LogP contribution in [0, 0.1) is 0 Å². The number of hydrogen-bond donors (Lipinski definition) is 0. The molecule has 0 saturated carbocycles. The monoisotopic (exact) mass is 1160 g/mol. The molecule has 79 heavy (non-hydrogen) atoms. The van der Waals surface area contributed by atoms with Crippen LogP contribution in [0.4, 0.5) is 105 Å². The summed E-state index contributed by atoms with van der Waals surface area (Å²) in [7, 11) is 2.48. The van der Waals surface area contributed by atoms with Crippen molar-refractivity contribution in [1.82, 2.24) is 0 Å². The lowest BCUT2D eigenvalue weighted by molar-refractivity contribution is -0.663. The Morgan fingerprint density at radius 3 is 0.873 bits per heavy atom. The van der Waals surface area contributed by atoms with Gasteiger partial charge in [0.25, 0.3) is 0 Å². The predicted octanol–water partition coefficient (Wildman–Crippen LogP) is 13.0. The van der Waals surface area contributed by atoms with Crippen LogP contribution in [0.3, 0.4) is 0 Å². The number of fused-ring (bicyclic) bond motifs is 1. The van der Waals surface area contributed by atoms with Gasteiger partial charge >= 0.3 is 61.3 Å². The van der Waals surface area contributed by atoms with Crippen molar-refractivity contribution in [3.63, 3.8) is 0 Å². The summed E-state index contributed by atoms with van der Waals surface area (Å²) >= 11 is 0. The van der Waals surface area contributed by atoms with Crippen LogP contribution >= 0.6 is 0 Å². The molecule has 1 aromatic heterocycles. The third-order valence-corrected chi connectivity index (χ3v) is 11.8. The Labute approximate surface area is 427 Å². The Morgan fingerprint density at radius 1 is 0.392 bits per heavy atom. The van der Waals surface area contributed by atoms with E-state index in [9.17, 15) is 115 Å². The van der Waals surface area contributed by atoms with Gasteiger partial charge in [-0.15, -0.1) is 0 Å². The van der Waals surface area contributed by atoms with E-state index in [1.54, 1.807) is 6.92 Å². The first-order chi connectivity index (χ1) is 35.8. The predicted molar refractivity (Wildman–Crippen MR) is 231 cm³/mol. The maximum Gasteiger partial charge on any atom is 0.416 e. The van der Waals surface area contributed by atoms with Gasteiger partial charge in [0.1, 0.15) is 11.7 Å². The number of rotatable bonds is 8. The van der Waals surface area contributed by atoms with E-state index in [0.717, 1.165) is 10.9 Å². The molecule has 0 amide bonds. The normalized spacial score (nSPS) is 13.2. The molecule has 0 bridgehead atoms. The number of halogens is 24. The van der Waals surface area contributed by atoms with E-state index in [0.29, 0.717) is 12.1 Å². The summed E-state index contributed by atoms with van der Waals surface area (Å²) < 4.78 is 352. The molecule has 0 aliphatic carbocycles. The Bertz CT molecular complexity index is 2830. The second kappa shape index (κ2) is 21.7. The molecule has 0 radical (unpaired) electrons. The lowest BCUT2D eigenvalue weighted by Crippen LogP contribution is -2.75. The zero-order chi connectivity index (χ0) is 60.0. The fourth-order valence-corrected chi connectivity index (χ4v) is 8.40. The highest BCUT2D eigenvalue weighted by molar-refractivity contribution is 7.20. The molecule has 0 spiro atoms. The Balaban J connectivity index is 0.000000433. The van der Waals surface area contributed by atoms with Crippen molar-refractivity contribution in [2.75, 3.05) is 14.2 Å². The van der Waals surface area contributed by atoms with Crippen molar-refractivity contribution in [2.24, 2.45) is 0 Å². The second-order valence-corrected chi connectivity index (χ2v) is 17.1. The average Bonchev–Trinajstić information content (AvgIpc) is 3.36. The van der Waals surface area contributed by atoms with E-state index in [1.807, 2.05) is 47.2 Å². The number of allylic oxidation sites excluding steroid dienone is 1. The molecule has 0 N–H and O–H groups in total. The molecule has 426 valence electrons. The quantitative estimate of drug-likeness (QED) is 0.0290. The Hall–Kier alpha value is -7.43. The molecule has 0 unspecified atom stereocenters. The first kappa shape index (κ1) is 62.4. The maximum atomic E-state index is 14.2. The van der Waals surface area contributed by atoms with E-state index < -0.39 is 207 Å². The summed E-state index contributed by atoms with van der Waals surface area (Å²) in [6, 6.07) is 3.02. The number of aromatic nitrogens is 1. The van der Waals surface area contributed by atoms with Gasteiger partial charge in [-0.25, -0.2) is 9.59 Å². The van der Waals surface area contributed by atoms with E-state index in [2.05, 4.69) is 9.47 Å². The number of benzene rings is 5. The minimum Gasteiger partial charge on any atom is -0.465 e. The molecule has 6 aromatic rings. The van der Waals surface area contributed by atoms with Crippen LogP contribution in [0.15, 0.2) is 127 Å². The van der Waals surface area contributed by atoms with Gasteiger partial charge in [0, 0.05) is 23.1 Å². The van der Waals surface area contributed by atoms with Gasteiger partial charge in [-0.1, -0.05) is 60.7 Å². The highest BCUT2D eigenvalue weighted by Crippen LogP contribution is 2.41. The zero-order valence-electron chi connectivity index (χ0n) is 39.4. The third-order valence-electron chi connectivity index (χ3n) is 11.8. The molecule has 0 saturated heterocycles. The van der Waals surface area contributed by atoms with Gasteiger partial charge in [-0.3, -0.25) is 0 Å². The molecule has 30 heteroatoms. The summed E-state index contributed by atoms with van der Waals surface area (Å²) in [5.41, 5.74) is -28.7. The molecule has 0 fully saturated rings. The topological polar surface area (TPSA) is 56.5 Å². The van der Waals surface area contributed by atoms with Crippen LogP contribution in [0.1, 0.15) is 51.4 Å². The van der Waals surface area contributed by atoms with Gasteiger partial charge in [0.15, 0.2) is 12.7 Å². The van der Waals surface area contributed by atoms with E-state index in [4.69, 9.17) is 0 Å². The van der Waals surface area contributed by atoms with E-state index in [1.165, 1.54) is 14.2 Å². The van der Waals surface area contributed by atoms with Crippen LogP contribution in [0.5, 0.6) is 0 Å². The number of esters is 2. The molecule has 5 aromatic carbocycles. The van der Waals surface area contributed by atoms with Gasteiger partial charge < -0.3 is 9.47 Å². The first-order valence-corrected chi connectivity index (χ1v) is 21.4. The number of pyridine rings is 1. The second-order valence-electron chi connectivity index (χ2n) is 17.1. The van der Waals surface area contributed by atoms with Gasteiger partial charge in [-0.05, 0) is 43.3 Å². The molecule has 0 aliphatic rings. The number of carbonyl (C=O) groups is 2. The smallest absolute Gasteiger partial charge is 0.416 e. The number of carbonyl (C=O) groups excluding carboxylic acids is 2. The molecular formula is C49H30BF24NO4. The van der Waals surface area contributed by atoms with Crippen LogP contribution in [-0.2, 0) is 75.0 Å². The number of nitrogens with zero attached hydrogens (tertiary/aromatic N) is 1. The number of alkyl halides is 24. The summed E-state index contributed by atoms with van der Waals surface area (Å²) in [5.74, 6) is -1.38. The summed E-state index contributed by atoms with van der Waals surface area (Å²) in [6.45, 7) is 2.11. The molecular weight excluding hydrogens is 1130 g/mol. The van der Waals surface area contributed by atoms with Crippen molar-refractivity contribution in [1.29, 1.82) is 0 Å². The number of ether oxygens (including phenoxy) is 2. The third kappa shape index (κ3) is 14.1. The lowest BCUT2D eigenvalue weighted by atomic mass is 9.12. The molecule has 0 aliphatic heterocycles. The van der Waals surface area contributed by atoms with Crippen LogP contribution in [-0.4, -0.2) is 32.3 Å². The number of methoxy groups -OCH3 is 2. The minimum atomic E-state index is -6.13. The molecule has 0 atom stereocenters. The van der Waals surface area contributed by atoms with E-state index >= 15 is 0 Å². The standard InChI is InChI=1S/C32H12BF24.C17H18NO4/c34-25(35,36)13-1-14(26(37,38)39)6-21(5-13)33(22-7-15(27(40,41)42)2-16(8-22)28(43,44)45,23-9-17(29(46,47)48)3-18(10-23)30(49,50)51)24-11-19(31(52,53)54)4-20(12-24)32(55,56)57;1-12(15(16(19)21-2)17(20)22-3)11-18-10-6-8-13-7-4-5-9-14(13)18/h1-12H;4-10H,11H2,1-3H3/q-1;+1. The van der Waals surface area contributed by atoms with Crippen molar-refractivity contribution in [2.45, 2.75) is 62.9 Å². The van der Waals surface area contributed by atoms with Crippen molar-refractivity contribution < 1.29 is 129 Å².